The van der Waals surface area contributed by atoms with Crippen LogP contribution in [0.5, 0.6) is 0 Å². The van der Waals surface area contributed by atoms with E-state index in [0.717, 1.165) is 16.8 Å². The molecule has 0 amide bonds. The second-order valence-electron chi connectivity index (χ2n) is 7.10. The van der Waals surface area contributed by atoms with Crippen LogP contribution >= 0.6 is 0 Å². The third kappa shape index (κ3) is 2.71. The largest absolute Gasteiger partial charge is 0.382 e. The minimum absolute atomic E-state index is 0.124. The van der Waals surface area contributed by atoms with Crippen molar-refractivity contribution in [2.45, 2.75) is 20.4 Å². The van der Waals surface area contributed by atoms with Crippen molar-refractivity contribution in [1.82, 2.24) is 34.5 Å². The highest BCUT2D eigenvalue weighted by atomic mass is 16.1. The van der Waals surface area contributed by atoms with Crippen molar-refractivity contribution in [3.63, 3.8) is 0 Å². The number of benzene rings is 2. The number of aromatic nitrogens is 7. The Hall–Kier alpha value is -4.14. The third-order valence-corrected chi connectivity index (χ3v) is 5.15. The molecule has 5 aromatic rings. The van der Waals surface area contributed by atoms with E-state index in [1.165, 1.54) is 6.33 Å². The molecule has 0 unspecified atom stereocenters. The van der Waals surface area contributed by atoms with Crippen LogP contribution < -0.4 is 11.3 Å². The van der Waals surface area contributed by atoms with E-state index in [0.29, 0.717) is 27.9 Å². The third-order valence-electron chi connectivity index (χ3n) is 5.15. The number of hydrogen-bond donors (Lipinski definition) is 1. The Balaban J connectivity index is 1.80. The van der Waals surface area contributed by atoms with E-state index in [1.54, 1.807) is 9.25 Å². The lowest BCUT2D eigenvalue weighted by Gasteiger charge is -2.16. The summed E-state index contributed by atoms with van der Waals surface area (Å²) in [6, 6.07) is 13.4. The van der Waals surface area contributed by atoms with Crippen molar-refractivity contribution >= 4 is 27.9 Å². The van der Waals surface area contributed by atoms with Gasteiger partial charge in [-0.3, -0.25) is 9.36 Å². The topological polar surface area (TPSA) is 117 Å². The molecule has 3 heterocycles. The van der Waals surface area contributed by atoms with Crippen molar-refractivity contribution in [1.29, 1.82) is 0 Å². The van der Waals surface area contributed by atoms with E-state index in [-0.39, 0.29) is 17.9 Å². The molecule has 3 aromatic heterocycles. The summed E-state index contributed by atoms with van der Waals surface area (Å²) in [5.74, 6) is 0.779. The normalized spacial score (nSPS) is 11.4. The smallest absolute Gasteiger partial charge is 0.266 e. The zero-order chi connectivity index (χ0) is 20.8. The van der Waals surface area contributed by atoms with Crippen molar-refractivity contribution in [2.75, 3.05) is 5.73 Å². The summed E-state index contributed by atoms with van der Waals surface area (Å²) in [5, 5.41) is 8.84. The maximum atomic E-state index is 13.6. The lowest BCUT2D eigenvalue weighted by atomic mass is 10.1. The van der Waals surface area contributed by atoms with Crippen LogP contribution in [0.15, 0.2) is 53.6 Å². The number of para-hydroxylation sites is 1. The fourth-order valence-corrected chi connectivity index (χ4v) is 3.66. The summed E-state index contributed by atoms with van der Waals surface area (Å²) in [6.45, 7) is 4.07. The van der Waals surface area contributed by atoms with E-state index in [1.807, 2.05) is 56.3 Å². The highest BCUT2D eigenvalue weighted by molar-refractivity contribution is 5.82. The van der Waals surface area contributed by atoms with Gasteiger partial charge in [0.2, 0.25) is 0 Å². The Morgan fingerprint density at radius 1 is 1.00 bits per heavy atom. The zero-order valence-electron chi connectivity index (χ0n) is 16.4. The zero-order valence-corrected chi connectivity index (χ0v) is 16.4. The number of nitrogens with zero attached hydrogens (tertiary/aromatic N) is 7. The average Bonchev–Trinajstić information content (AvgIpc) is 3.13. The second kappa shape index (κ2) is 6.73. The highest BCUT2D eigenvalue weighted by Crippen LogP contribution is 2.20. The van der Waals surface area contributed by atoms with Gasteiger partial charge in [-0.15, -0.1) is 5.10 Å². The molecule has 0 saturated carbocycles. The number of aryl methyl sites for hydroxylation is 2. The predicted molar refractivity (Wildman–Crippen MR) is 113 cm³/mol. The summed E-state index contributed by atoms with van der Waals surface area (Å²) >= 11 is 0. The lowest BCUT2D eigenvalue weighted by molar-refractivity contribution is 0.622. The molecule has 9 heteroatoms. The molecule has 0 aliphatic heterocycles. The predicted octanol–water partition coefficient (Wildman–Crippen LogP) is 2.17. The summed E-state index contributed by atoms with van der Waals surface area (Å²) in [4.78, 5) is 26.6. The minimum atomic E-state index is -0.124. The Bertz CT molecular complexity index is 1480. The lowest BCUT2D eigenvalue weighted by Crippen LogP contribution is -2.26. The van der Waals surface area contributed by atoms with Gasteiger partial charge in [-0.2, -0.15) is 0 Å². The number of hydrogen-bond acceptors (Lipinski definition) is 7. The van der Waals surface area contributed by atoms with Crippen LogP contribution in [0.1, 0.15) is 17.0 Å². The molecule has 0 radical (unpaired) electrons. The molecule has 0 fully saturated rings. The Labute approximate surface area is 170 Å². The Morgan fingerprint density at radius 3 is 2.63 bits per heavy atom. The van der Waals surface area contributed by atoms with E-state index in [4.69, 9.17) is 10.7 Å². The molecule has 0 saturated heterocycles. The van der Waals surface area contributed by atoms with Crippen LogP contribution in [-0.2, 0) is 6.54 Å². The molecule has 2 aromatic carbocycles. The molecular weight excluding hydrogens is 380 g/mol. The molecule has 0 spiro atoms. The first-order chi connectivity index (χ1) is 14.5. The average molecular weight is 398 g/mol. The van der Waals surface area contributed by atoms with Gasteiger partial charge in [0.25, 0.3) is 5.56 Å². The van der Waals surface area contributed by atoms with Crippen LogP contribution in [0.2, 0.25) is 0 Å². The molecule has 2 N–H and O–H groups in total. The molecule has 0 atom stereocenters. The fourth-order valence-electron chi connectivity index (χ4n) is 3.66. The van der Waals surface area contributed by atoms with Crippen LogP contribution in [0.3, 0.4) is 0 Å². The number of nitrogens with two attached hydrogens (primary N) is 1. The first-order valence-electron chi connectivity index (χ1n) is 9.41. The number of anilines is 1. The maximum absolute atomic E-state index is 13.6. The maximum Gasteiger partial charge on any atom is 0.266 e. The molecule has 5 rings (SSSR count). The SMILES string of the molecule is Cc1ccccc1-n1c(Cn2nnc3c(N)ncnc32)nc2cccc(C)c2c1=O. The molecule has 30 heavy (non-hydrogen) atoms. The highest BCUT2D eigenvalue weighted by Gasteiger charge is 2.18. The second-order valence-corrected chi connectivity index (χ2v) is 7.10. The van der Waals surface area contributed by atoms with E-state index < -0.39 is 0 Å². The molecule has 0 aliphatic carbocycles. The summed E-state index contributed by atoms with van der Waals surface area (Å²) in [6.07, 6.45) is 1.36. The van der Waals surface area contributed by atoms with Gasteiger partial charge in [-0.05, 0) is 37.1 Å². The molecule has 9 nitrogen and oxygen atoms in total. The van der Waals surface area contributed by atoms with E-state index in [9.17, 15) is 4.79 Å². The van der Waals surface area contributed by atoms with Crippen molar-refractivity contribution in [3.8, 4) is 5.69 Å². The van der Waals surface area contributed by atoms with Crippen LogP contribution in [0, 0.1) is 13.8 Å². The van der Waals surface area contributed by atoms with Gasteiger partial charge in [0.15, 0.2) is 17.0 Å². The monoisotopic (exact) mass is 398 g/mol. The van der Waals surface area contributed by atoms with Crippen LogP contribution in [0.25, 0.3) is 27.8 Å². The number of fused-ring (bicyclic) bond motifs is 2. The van der Waals surface area contributed by atoms with Gasteiger partial charge < -0.3 is 5.73 Å². The molecular formula is C21H18N8O. The van der Waals surface area contributed by atoms with Crippen LogP contribution in [0.4, 0.5) is 5.82 Å². The fraction of sp³-hybridized carbons (Fsp3) is 0.143. The van der Waals surface area contributed by atoms with Crippen LogP contribution in [-0.4, -0.2) is 34.5 Å². The van der Waals surface area contributed by atoms with Gasteiger partial charge in [0.1, 0.15) is 18.7 Å². The number of nitrogen functional groups attached to an aromatic ring is 1. The molecule has 148 valence electrons. The van der Waals surface area contributed by atoms with Crippen molar-refractivity contribution in [3.05, 3.63) is 76.1 Å². The molecule has 0 bridgehead atoms. The summed E-state index contributed by atoms with van der Waals surface area (Å²) in [7, 11) is 0. The minimum Gasteiger partial charge on any atom is -0.382 e. The van der Waals surface area contributed by atoms with Gasteiger partial charge in [0, 0.05) is 0 Å². The van der Waals surface area contributed by atoms with Gasteiger partial charge in [-0.25, -0.2) is 19.6 Å². The first-order valence-corrected chi connectivity index (χ1v) is 9.41. The first kappa shape index (κ1) is 17.9. The van der Waals surface area contributed by atoms with Crippen molar-refractivity contribution in [2.24, 2.45) is 0 Å². The van der Waals surface area contributed by atoms with E-state index >= 15 is 0 Å². The standard InChI is InChI=1S/C21H18N8O/c1-12-6-3-4-9-15(12)29-16(25-14-8-5-7-13(2)17(14)21(29)30)10-28-20-18(26-27-28)19(22)23-11-24-20/h3-9,11H,10H2,1-2H3,(H2,22,23,24). The summed E-state index contributed by atoms with van der Waals surface area (Å²) < 4.78 is 3.22. The Morgan fingerprint density at radius 2 is 1.80 bits per heavy atom. The Kier molecular flexibility index (Phi) is 4.02. The van der Waals surface area contributed by atoms with E-state index in [2.05, 4.69) is 20.3 Å². The quantitative estimate of drug-likeness (QED) is 0.495. The van der Waals surface area contributed by atoms with Gasteiger partial charge in [0.05, 0.1) is 16.6 Å². The summed E-state index contributed by atoms with van der Waals surface area (Å²) in [5.41, 5.74) is 9.91. The van der Waals surface area contributed by atoms with Gasteiger partial charge >= 0.3 is 0 Å². The number of rotatable bonds is 3. The van der Waals surface area contributed by atoms with Gasteiger partial charge in [-0.1, -0.05) is 35.5 Å². The molecule has 0 aliphatic rings. The van der Waals surface area contributed by atoms with Crippen molar-refractivity contribution < 1.29 is 0 Å².